The van der Waals surface area contributed by atoms with E-state index in [1.54, 1.807) is 0 Å². The van der Waals surface area contributed by atoms with E-state index in [0.29, 0.717) is 18.5 Å². The number of nitrogens with one attached hydrogen (secondary N) is 2. The van der Waals surface area contributed by atoms with Gasteiger partial charge < -0.3 is 10.6 Å². The van der Waals surface area contributed by atoms with Crippen LogP contribution >= 0.6 is 0 Å². The number of rotatable bonds is 2. The predicted octanol–water partition coefficient (Wildman–Crippen LogP) is -0.624. The smallest absolute Gasteiger partial charge is 0.221 e. The second kappa shape index (κ2) is 4.40. The summed E-state index contributed by atoms with van der Waals surface area (Å²) in [6.07, 6.45) is 2.56. The molecule has 0 aliphatic carbocycles. The van der Waals surface area contributed by atoms with Gasteiger partial charge in [-0.05, 0) is 12.8 Å². The Balaban J connectivity index is 1.75. The van der Waals surface area contributed by atoms with Crippen molar-refractivity contribution >= 4 is 16.7 Å². The van der Waals surface area contributed by atoms with Crippen molar-refractivity contribution in [1.29, 1.82) is 0 Å². The highest BCUT2D eigenvalue weighted by Gasteiger charge is 2.25. The topological polar surface area (TPSA) is 58.2 Å². The van der Waals surface area contributed by atoms with E-state index in [4.69, 9.17) is 0 Å². The van der Waals surface area contributed by atoms with Gasteiger partial charge in [0.25, 0.3) is 0 Å². The molecule has 2 rings (SSSR count). The predicted molar refractivity (Wildman–Crippen MR) is 55.4 cm³/mol. The largest absolute Gasteiger partial charge is 0.354 e. The first-order valence-electron chi connectivity index (χ1n) is 5.12. The molecule has 2 saturated heterocycles. The fourth-order valence-electron chi connectivity index (χ4n) is 2.02. The zero-order valence-corrected chi connectivity index (χ0v) is 8.94. The molecule has 2 fully saturated rings. The van der Waals surface area contributed by atoms with Crippen molar-refractivity contribution in [3.05, 3.63) is 0 Å². The van der Waals surface area contributed by atoms with Gasteiger partial charge in [-0.1, -0.05) is 0 Å². The first-order valence-corrected chi connectivity index (χ1v) is 6.60. The molecule has 0 radical (unpaired) electrons. The third kappa shape index (κ3) is 2.54. The second-order valence-electron chi connectivity index (χ2n) is 3.99. The van der Waals surface area contributed by atoms with Crippen LogP contribution in [0.25, 0.3) is 0 Å². The Kier molecular flexibility index (Phi) is 3.18. The molecule has 2 aliphatic heterocycles. The van der Waals surface area contributed by atoms with Crippen molar-refractivity contribution < 1.29 is 9.00 Å². The van der Waals surface area contributed by atoms with E-state index >= 15 is 0 Å². The van der Waals surface area contributed by atoms with E-state index in [9.17, 15) is 9.00 Å². The number of hydrogen-bond acceptors (Lipinski definition) is 3. The minimum atomic E-state index is -0.594. The minimum absolute atomic E-state index is 0.141. The number of amides is 1. The molecule has 4 nitrogen and oxygen atoms in total. The molecule has 1 atom stereocenters. The average Bonchev–Trinajstić information content (AvgIpc) is 2.56. The van der Waals surface area contributed by atoms with Crippen molar-refractivity contribution in [1.82, 2.24) is 10.6 Å². The van der Waals surface area contributed by atoms with E-state index in [0.717, 1.165) is 30.9 Å². The van der Waals surface area contributed by atoms with Crippen molar-refractivity contribution in [2.45, 2.75) is 31.3 Å². The SMILES string of the molecule is O=C1CC(NC2CCS(=O)CC2)CN1. The molecule has 0 saturated carbocycles. The molecular formula is C9H16N2O2S. The Morgan fingerprint density at radius 2 is 2.00 bits per heavy atom. The van der Waals surface area contributed by atoms with Gasteiger partial charge >= 0.3 is 0 Å². The van der Waals surface area contributed by atoms with E-state index in [1.165, 1.54) is 0 Å². The summed E-state index contributed by atoms with van der Waals surface area (Å²) < 4.78 is 11.1. The average molecular weight is 216 g/mol. The van der Waals surface area contributed by atoms with Gasteiger partial charge in [-0.2, -0.15) is 0 Å². The van der Waals surface area contributed by atoms with Crippen LogP contribution in [0.1, 0.15) is 19.3 Å². The Labute approximate surface area is 86.3 Å². The Hall–Kier alpha value is -0.420. The van der Waals surface area contributed by atoms with Crippen LogP contribution in [-0.4, -0.2) is 40.3 Å². The van der Waals surface area contributed by atoms with Gasteiger partial charge in [0, 0.05) is 47.4 Å². The monoisotopic (exact) mass is 216 g/mol. The molecule has 0 spiro atoms. The molecule has 1 unspecified atom stereocenters. The molecule has 1 amide bonds. The first-order chi connectivity index (χ1) is 6.74. The quantitative estimate of drug-likeness (QED) is 0.646. The summed E-state index contributed by atoms with van der Waals surface area (Å²) in [5.41, 5.74) is 0. The molecule has 0 aromatic heterocycles. The fraction of sp³-hybridized carbons (Fsp3) is 0.889. The van der Waals surface area contributed by atoms with Crippen molar-refractivity contribution in [2.24, 2.45) is 0 Å². The van der Waals surface area contributed by atoms with Crippen molar-refractivity contribution in [2.75, 3.05) is 18.1 Å². The Bertz CT molecular complexity index is 247. The van der Waals surface area contributed by atoms with Crippen LogP contribution in [0, 0.1) is 0 Å². The summed E-state index contributed by atoms with van der Waals surface area (Å²) in [4.78, 5) is 10.9. The van der Waals surface area contributed by atoms with Gasteiger partial charge in [-0.3, -0.25) is 9.00 Å². The van der Waals surface area contributed by atoms with E-state index in [2.05, 4.69) is 10.6 Å². The molecule has 0 aromatic rings. The van der Waals surface area contributed by atoms with Crippen LogP contribution in [0.3, 0.4) is 0 Å². The summed E-state index contributed by atoms with van der Waals surface area (Å²) in [5, 5.41) is 6.26. The highest BCUT2D eigenvalue weighted by molar-refractivity contribution is 7.85. The Morgan fingerprint density at radius 3 is 2.57 bits per heavy atom. The summed E-state index contributed by atoms with van der Waals surface area (Å²) in [7, 11) is -0.594. The standard InChI is InChI=1S/C9H16N2O2S/c12-9-5-8(6-10-9)11-7-1-3-14(13)4-2-7/h7-8,11H,1-6H2,(H,10,12). The lowest BCUT2D eigenvalue weighted by Gasteiger charge is -2.25. The molecule has 80 valence electrons. The van der Waals surface area contributed by atoms with Gasteiger partial charge in [0.15, 0.2) is 0 Å². The molecule has 2 N–H and O–H groups in total. The van der Waals surface area contributed by atoms with Crippen LogP contribution in [0.4, 0.5) is 0 Å². The van der Waals surface area contributed by atoms with Crippen LogP contribution in [0.15, 0.2) is 0 Å². The second-order valence-corrected chi connectivity index (χ2v) is 5.69. The summed E-state index contributed by atoms with van der Waals surface area (Å²) in [6, 6.07) is 0.754. The normalized spacial score (nSPS) is 38.3. The fourth-order valence-corrected chi connectivity index (χ4v) is 3.32. The highest BCUT2D eigenvalue weighted by atomic mass is 32.2. The lowest BCUT2D eigenvalue weighted by Crippen LogP contribution is -2.43. The maximum Gasteiger partial charge on any atom is 0.221 e. The Morgan fingerprint density at radius 1 is 1.29 bits per heavy atom. The first kappa shape index (κ1) is 10.1. The van der Waals surface area contributed by atoms with Crippen molar-refractivity contribution in [3.8, 4) is 0 Å². The zero-order chi connectivity index (χ0) is 9.97. The van der Waals surface area contributed by atoms with E-state index in [-0.39, 0.29) is 5.91 Å². The van der Waals surface area contributed by atoms with Crippen LogP contribution in [-0.2, 0) is 15.6 Å². The molecule has 5 heteroatoms. The van der Waals surface area contributed by atoms with Gasteiger partial charge in [0.1, 0.15) is 0 Å². The molecular weight excluding hydrogens is 200 g/mol. The zero-order valence-electron chi connectivity index (χ0n) is 8.12. The molecule has 0 bridgehead atoms. The lowest BCUT2D eigenvalue weighted by molar-refractivity contribution is -0.119. The third-order valence-electron chi connectivity index (χ3n) is 2.84. The van der Waals surface area contributed by atoms with Gasteiger partial charge in [0.05, 0.1) is 0 Å². The lowest BCUT2D eigenvalue weighted by atomic mass is 10.1. The van der Waals surface area contributed by atoms with Gasteiger partial charge in [0.2, 0.25) is 5.91 Å². The summed E-state index contributed by atoms with van der Waals surface area (Å²) >= 11 is 0. The molecule has 14 heavy (non-hydrogen) atoms. The number of hydrogen-bond donors (Lipinski definition) is 2. The highest BCUT2D eigenvalue weighted by Crippen LogP contribution is 2.11. The van der Waals surface area contributed by atoms with Crippen LogP contribution < -0.4 is 10.6 Å². The maximum absolute atomic E-state index is 11.1. The van der Waals surface area contributed by atoms with Gasteiger partial charge in [-0.15, -0.1) is 0 Å². The van der Waals surface area contributed by atoms with Gasteiger partial charge in [-0.25, -0.2) is 0 Å². The minimum Gasteiger partial charge on any atom is -0.354 e. The van der Waals surface area contributed by atoms with Crippen molar-refractivity contribution in [3.63, 3.8) is 0 Å². The van der Waals surface area contributed by atoms with E-state index in [1.807, 2.05) is 0 Å². The molecule has 2 aliphatic rings. The molecule has 0 aromatic carbocycles. The number of carbonyl (C=O) groups is 1. The maximum atomic E-state index is 11.1. The van der Waals surface area contributed by atoms with E-state index < -0.39 is 10.8 Å². The molecule has 2 heterocycles. The summed E-state index contributed by atoms with van der Waals surface area (Å²) in [5.74, 6) is 1.76. The van der Waals surface area contributed by atoms with Crippen LogP contribution in [0.5, 0.6) is 0 Å². The number of carbonyl (C=O) groups excluding carboxylic acids is 1. The summed E-state index contributed by atoms with van der Waals surface area (Å²) in [6.45, 7) is 0.748. The van der Waals surface area contributed by atoms with Crippen LogP contribution in [0.2, 0.25) is 0 Å². The third-order valence-corrected chi connectivity index (χ3v) is 4.22.